The predicted octanol–water partition coefficient (Wildman–Crippen LogP) is 4.89. The van der Waals surface area contributed by atoms with E-state index in [2.05, 4.69) is 34.6 Å². The molecule has 0 radical (unpaired) electrons. The second-order valence-corrected chi connectivity index (χ2v) is 5.68. The van der Waals surface area contributed by atoms with Gasteiger partial charge in [0.15, 0.2) is 0 Å². The molecule has 0 bridgehead atoms. The molecule has 0 heteroatoms. The normalized spacial score (nSPS) is 39.2. The van der Waals surface area contributed by atoms with Gasteiger partial charge in [0, 0.05) is 0 Å². The van der Waals surface area contributed by atoms with E-state index in [0.717, 1.165) is 17.8 Å². The van der Waals surface area contributed by atoms with Gasteiger partial charge in [-0.1, -0.05) is 47.5 Å². The Balaban J connectivity index is 2.46. The first-order valence-electron chi connectivity index (χ1n) is 6.56. The highest BCUT2D eigenvalue weighted by Gasteiger charge is 2.47. The summed E-state index contributed by atoms with van der Waals surface area (Å²) >= 11 is 0. The Hall–Kier alpha value is 0. The van der Waals surface area contributed by atoms with Crippen molar-refractivity contribution in [2.75, 3.05) is 0 Å². The molecule has 14 heavy (non-hydrogen) atoms. The first-order chi connectivity index (χ1) is 6.56. The van der Waals surface area contributed by atoms with E-state index < -0.39 is 0 Å². The van der Waals surface area contributed by atoms with Crippen molar-refractivity contribution in [2.24, 2.45) is 23.2 Å². The Morgan fingerprint density at radius 1 is 1.21 bits per heavy atom. The molecule has 1 aliphatic carbocycles. The van der Waals surface area contributed by atoms with Crippen molar-refractivity contribution in [3.05, 3.63) is 0 Å². The fourth-order valence-corrected chi connectivity index (χ4v) is 3.41. The van der Waals surface area contributed by atoms with E-state index in [1.54, 1.807) is 0 Å². The molecule has 1 aliphatic rings. The summed E-state index contributed by atoms with van der Waals surface area (Å²) in [5, 5.41) is 0. The second-order valence-electron chi connectivity index (χ2n) is 5.68. The SMILES string of the molecule is CCC(C)CCC1(CC)C(C)CC1C. The first kappa shape index (κ1) is 12.1. The predicted molar refractivity (Wildman–Crippen MR) is 64.4 cm³/mol. The standard InChI is InChI=1S/C14H28/c1-6-11(3)8-9-14(7-2)12(4)10-13(14)5/h11-13H,6-10H2,1-5H3. The number of hydrogen-bond donors (Lipinski definition) is 0. The van der Waals surface area contributed by atoms with Gasteiger partial charge in [-0.15, -0.1) is 0 Å². The van der Waals surface area contributed by atoms with Crippen LogP contribution in [0.2, 0.25) is 0 Å². The van der Waals surface area contributed by atoms with Crippen LogP contribution in [0.1, 0.15) is 66.7 Å². The van der Waals surface area contributed by atoms with E-state index in [4.69, 9.17) is 0 Å². The topological polar surface area (TPSA) is 0 Å². The zero-order valence-corrected chi connectivity index (χ0v) is 10.8. The Kier molecular flexibility index (Phi) is 4.04. The van der Waals surface area contributed by atoms with E-state index in [0.29, 0.717) is 5.41 Å². The van der Waals surface area contributed by atoms with Crippen LogP contribution in [0.15, 0.2) is 0 Å². The molecule has 0 heterocycles. The van der Waals surface area contributed by atoms with Crippen LogP contribution in [0.5, 0.6) is 0 Å². The maximum absolute atomic E-state index is 2.46. The molecule has 0 aromatic carbocycles. The monoisotopic (exact) mass is 196 g/mol. The minimum atomic E-state index is 0.712. The summed E-state index contributed by atoms with van der Waals surface area (Å²) in [6.45, 7) is 12.0. The lowest BCUT2D eigenvalue weighted by Gasteiger charge is -2.54. The molecule has 3 atom stereocenters. The van der Waals surface area contributed by atoms with Crippen LogP contribution < -0.4 is 0 Å². The van der Waals surface area contributed by atoms with Gasteiger partial charge in [0.1, 0.15) is 0 Å². The summed E-state index contributed by atoms with van der Waals surface area (Å²) in [4.78, 5) is 0. The molecular formula is C14H28. The first-order valence-corrected chi connectivity index (χ1v) is 6.56. The molecule has 0 saturated heterocycles. The Bertz CT molecular complexity index is 163. The lowest BCUT2D eigenvalue weighted by molar-refractivity contribution is -0.0484. The summed E-state index contributed by atoms with van der Waals surface area (Å²) in [6.07, 6.45) is 7.13. The van der Waals surface area contributed by atoms with Crippen LogP contribution in [0.3, 0.4) is 0 Å². The van der Waals surface area contributed by atoms with Crippen molar-refractivity contribution in [1.82, 2.24) is 0 Å². The van der Waals surface area contributed by atoms with Gasteiger partial charge in [0.05, 0.1) is 0 Å². The third-order valence-electron chi connectivity index (χ3n) is 5.13. The van der Waals surface area contributed by atoms with Crippen LogP contribution in [-0.4, -0.2) is 0 Å². The molecule has 0 spiro atoms. The van der Waals surface area contributed by atoms with Crippen LogP contribution in [0, 0.1) is 23.2 Å². The smallest absolute Gasteiger partial charge is 0.0248 e. The zero-order chi connectivity index (χ0) is 10.8. The molecule has 1 rings (SSSR count). The minimum Gasteiger partial charge on any atom is -0.0651 e. The minimum absolute atomic E-state index is 0.712. The molecule has 1 fully saturated rings. The maximum atomic E-state index is 2.46. The van der Waals surface area contributed by atoms with Crippen molar-refractivity contribution >= 4 is 0 Å². The second kappa shape index (κ2) is 4.68. The van der Waals surface area contributed by atoms with E-state index in [1.165, 1.54) is 32.1 Å². The van der Waals surface area contributed by atoms with Crippen molar-refractivity contribution < 1.29 is 0 Å². The molecule has 0 aromatic rings. The quantitative estimate of drug-likeness (QED) is 0.587. The van der Waals surface area contributed by atoms with Gasteiger partial charge in [-0.25, -0.2) is 0 Å². The molecule has 0 N–H and O–H groups in total. The Labute approximate surface area is 90.5 Å². The van der Waals surface area contributed by atoms with Crippen LogP contribution in [-0.2, 0) is 0 Å². The van der Waals surface area contributed by atoms with Crippen molar-refractivity contribution in [2.45, 2.75) is 66.7 Å². The third kappa shape index (κ3) is 1.99. The summed E-state index contributed by atoms with van der Waals surface area (Å²) in [5.74, 6) is 2.89. The van der Waals surface area contributed by atoms with Gasteiger partial charge in [-0.2, -0.15) is 0 Å². The number of rotatable bonds is 5. The lowest BCUT2D eigenvalue weighted by atomic mass is 9.51. The molecule has 1 saturated carbocycles. The highest BCUT2D eigenvalue weighted by molar-refractivity contribution is 4.97. The van der Waals surface area contributed by atoms with E-state index in [-0.39, 0.29) is 0 Å². The Morgan fingerprint density at radius 3 is 2.14 bits per heavy atom. The molecular weight excluding hydrogens is 168 g/mol. The molecule has 0 amide bonds. The number of hydrogen-bond acceptors (Lipinski definition) is 0. The zero-order valence-electron chi connectivity index (χ0n) is 10.8. The van der Waals surface area contributed by atoms with E-state index in [1.807, 2.05) is 0 Å². The molecule has 0 aliphatic heterocycles. The van der Waals surface area contributed by atoms with Crippen LogP contribution in [0.4, 0.5) is 0 Å². The van der Waals surface area contributed by atoms with Crippen molar-refractivity contribution in [3.8, 4) is 0 Å². The third-order valence-corrected chi connectivity index (χ3v) is 5.13. The van der Waals surface area contributed by atoms with Crippen molar-refractivity contribution in [1.29, 1.82) is 0 Å². The van der Waals surface area contributed by atoms with E-state index in [9.17, 15) is 0 Å². The fraction of sp³-hybridized carbons (Fsp3) is 1.00. The molecule has 3 unspecified atom stereocenters. The maximum Gasteiger partial charge on any atom is -0.0248 e. The van der Waals surface area contributed by atoms with Gasteiger partial charge in [-0.05, 0) is 42.4 Å². The molecule has 0 aromatic heterocycles. The van der Waals surface area contributed by atoms with Gasteiger partial charge in [0.2, 0.25) is 0 Å². The summed E-state index contributed by atoms with van der Waals surface area (Å²) in [5.41, 5.74) is 0.712. The molecule has 0 nitrogen and oxygen atoms in total. The average Bonchev–Trinajstić information content (AvgIpc) is 2.18. The summed E-state index contributed by atoms with van der Waals surface area (Å²) < 4.78 is 0. The highest BCUT2D eigenvalue weighted by atomic mass is 14.5. The highest BCUT2D eigenvalue weighted by Crippen LogP contribution is 2.56. The van der Waals surface area contributed by atoms with Gasteiger partial charge in [0.25, 0.3) is 0 Å². The largest absolute Gasteiger partial charge is 0.0651 e. The van der Waals surface area contributed by atoms with Crippen LogP contribution >= 0.6 is 0 Å². The van der Waals surface area contributed by atoms with E-state index >= 15 is 0 Å². The van der Waals surface area contributed by atoms with Crippen molar-refractivity contribution in [3.63, 3.8) is 0 Å². The Morgan fingerprint density at radius 2 is 1.79 bits per heavy atom. The average molecular weight is 196 g/mol. The van der Waals surface area contributed by atoms with Gasteiger partial charge < -0.3 is 0 Å². The van der Waals surface area contributed by atoms with Gasteiger partial charge >= 0.3 is 0 Å². The molecule has 84 valence electrons. The van der Waals surface area contributed by atoms with Crippen LogP contribution in [0.25, 0.3) is 0 Å². The summed E-state index contributed by atoms with van der Waals surface area (Å²) in [7, 11) is 0. The fourth-order valence-electron chi connectivity index (χ4n) is 3.41. The lowest BCUT2D eigenvalue weighted by Crippen LogP contribution is -2.46. The summed E-state index contributed by atoms with van der Waals surface area (Å²) in [6, 6.07) is 0. The van der Waals surface area contributed by atoms with Gasteiger partial charge in [-0.3, -0.25) is 0 Å².